The quantitative estimate of drug-likeness (QED) is 0.834. The zero-order chi connectivity index (χ0) is 11.2. The molecule has 1 aromatic rings. The standard InChI is InChI=1S/C13H20N4/c1-8-2-10-4-9(1)5-11(3-8)13(10)14-6-12-15-7-16-17-12/h7-11,13-14H,1-6H2,(H,15,16,17). The Morgan fingerprint density at radius 1 is 1.12 bits per heavy atom. The van der Waals surface area contributed by atoms with E-state index in [1.165, 1.54) is 32.1 Å². The van der Waals surface area contributed by atoms with Gasteiger partial charge < -0.3 is 5.32 Å². The van der Waals surface area contributed by atoms with Gasteiger partial charge in [0.05, 0.1) is 6.54 Å². The molecule has 4 bridgehead atoms. The van der Waals surface area contributed by atoms with Gasteiger partial charge in [0.25, 0.3) is 0 Å². The van der Waals surface area contributed by atoms with Gasteiger partial charge in [0.2, 0.25) is 0 Å². The second-order valence-electron chi connectivity index (χ2n) is 6.27. The molecule has 0 atom stereocenters. The second kappa shape index (κ2) is 3.80. The highest BCUT2D eigenvalue weighted by Crippen LogP contribution is 2.53. The minimum Gasteiger partial charge on any atom is -0.307 e. The van der Waals surface area contributed by atoms with Crippen molar-refractivity contribution in [3.8, 4) is 0 Å². The maximum atomic E-state index is 4.19. The molecular formula is C13H20N4. The fourth-order valence-electron chi connectivity index (χ4n) is 4.79. The molecule has 92 valence electrons. The lowest BCUT2D eigenvalue weighted by atomic mass is 9.54. The highest BCUT2D eigenvalue weighted by atomic mass is 15.2. The Balaban J connectivity index is 1.44. The van der Waals surface area contributed by atoms with Crippen LogP contribution >= 0.6 is 0 Å². The van der Waals surface area contributed by atoms with Gasteiger partial charge >= 0.3 is 0 Å². The lowest BCUT2D eigenvalue weighted by Gasteiger charge is -2.54. The fraction of sp³-hybridized carbons (Fsp3) is 0.846. The molecule has 0 unspecified atom stereocenters. The first-order valence-electron chi connectivity index (χ1n) is 6.96. The van der Waals surface area contributed by atoms with Crippen LogP contribution < -0.4 is 5.32 Å². The van der Waals surface area contributed by atoms with E-state index in [0.29, 0.717) is 0 Å². The molecule has 5 rings (SSSR count). The summed E-state index contributed by atoms with van der Waals surface area (Å²) in [6.07, 6.45) is 9.01. The minimum atomic E-state index is 0.743. The molecular weight excluding hydrogens is 212 g/mol. The first-order valence-corrected chi connectivity index (χ1v) is 6.96. The van der Waals surface area contributed by atoms with Crippen molar-refractivity contribution in [2.24, 2.45) is 23.7 Å². The Morgan fingerprint density at radius 2 is 1.82 bits per heavy atom. The summed E-state index contributed by atoms with van der Waals surface area (Å²) in [7, 11) is 0. The zero-order valence-electron chi connectivity index (χ0n) is 10.1. The zero-order valence-corrected chi connectivity index (χ0v) is 10.1. The van der Waals surface area contributed by atoms with Crippen molar-refractivity contribution in [3.63, 3.8) is 0 Å². The SMILES string of the molecule is c1n[nH]c(CNC2C3CC4CC(C3)CC2C4)n1. The summed E-state index contributed by atoms with van der Waals surface area (Å²) in [5, 5.41) is 10.6. The molecule has 4 aliphatic rings. The Labute approximate surface area is 102 Å². The van der Waals surface area contributed by atoms with Crippen molar-refractivity contribution < 1.29 is 0 Å². The van der Waals surface area contributed by atoms with Gasteiger partial charge in [0, 0.05) is 6.04 Å². The van der Waals surface area contributed by atoms with Gasteiger partial charge in [-0.1, -0.05) is 0 Å². The highest BCUT2D eigenvalue weighted by Gasteiger charge is 2.47. The predicted octanol–water partition coefficient (Wildman–Crippen LogP) is 1.72. The van der Waals surface area contributed by atoms with Crippen LogP contribution in [0.5, 0.6) is 0 Å². The van der Waals surface area contributed by atoms with Gasteiger partial charge in [-0.25, -0.2) is 4.98 Å². The Hall–Kier alpha value is -0.900. The summed E-state index contributed by atoms with van der Waals surface area (Å²) in [4.78, 5) is 4.19. The first kappa shape index (κ1) is 10.1. The lowest BCUT2D eigenvalue weighted by molar-refractivity contribution is -0.0144. The van der Waals surface area contributed by atoms with E-state index in [1.807, 2.05) is 0 Å². The Kier molecular flexibility index (Phi) is 2.25. The molecule has 0 aromatic carbocycles. The van der Waals surface area contributed by atoms with Crippen molar-refractivity contribution in [3.05, 3.63) is 12.2 Å². The molecule has 0 spiro atoms. The van der Waals surface area contributed by atoms with Crippen molar-refractivity contribution >= 4 is 0 Å². The number of nitrogens with zero attached hydrogens (tertiary/aromatic N) is 2. The van der Waals surface area contributed by atoms with Gasteiger partial charge in [-0.05, 0) is 55.8 Å². The fourth-order valence-corrected chi connectivity index (χ4v) is 4.79. The third kappa shape index (κ3) is 1.69. The van der Waals surface area contributed by atoms with Crippen LogP contribution in [0.15, 0.2) is 6.33 Å². The summed E-state index contributed by atoms with van der Waals surface area (Å²) in [5.41, 5.74) is 0. The van der Waals surface area contributed by atoms with Crippen molar-refractivity contribution in [2.45, 2.75) is 44.7 Å². The summed E-state index contributed by atoms with van der Waals surface area (Å²) < 4.78 is 0. The summed E-state index contributed by atoms with van der Waals surface area (Å²) >= 11 is 0. The van der Waals surface area contributed by atoms with Crippen molar-refractivity contribution in [1.82, 2.24) is 20.5 Å². The van der Waals surface area contributed by atoms with Crippen molar-refractivity contribution in [2.75, 3.05) is 0 Å². The molecule has 4 aliphatic carbocycles. The number of aromatic amines is 1. The second-order valence-corrected chi connectivity index (χ2v) is 6.27. The summed E-state index contributed by atoms with van der Waals surface area (Å²) in [6, 6.07) is 0.743. The van der Waals surface area contributed by atoms with Crippen LogP contribution in [-0.4, -0.2) is 21.2 Å². The third-order valence-corrected chi connectivity index (χ3v) is 5.20. The molecule has 0 saturated heterocycles. The molecule has 4 saturated carbocycles. The molecule has 1 aromatic heterocycles. The maximum absolute atomic E-state index is 4.19. The largest absolute Gasteiger partial charge is 0.307 e. The molecule has 17 heavy (non-hydrogen) atoms. The first-order chi connectivity index (χ1) is 8.38. The normalized spacial score (nSPS) is 43.2. The number of hydrogen-bond donors (Lipinski definition) is 2. The van der Waals surface area contributed by atoms with Gasteiger partial charge in [-0.3, -0.25) is 5.10 Å². The lowest BCUT2D eigenvalue weighted by Crippen LogP contribution is -2.54. The van der Waals surface area contributed by atoms with E-state index in [9.17, 15) is 0 Å². The highest BCUT2D eigenvalue weighted by molar-refractivity contribution is 5.01. The van der Waals surface area contributed by atoms with Crippen LogP contribution in [0.3, 0.4) is 0 Å². The smallest absolute Gasteiger partial charge is 0.138 e. The number of H-pyrrole nitrogens is 1. The van der Waals surface area contributed by atoms with E-state index in [2.05, 4.69) is 20.5 Å². The number of aromatic nitrogens is 3. The van der Waals surface area contributed by atoms with E-state index in [4.69, 9.17) is 0 Å². The van der Waals surface area contributed by atoms with Gasteiger partial charge in [-0.15, -0.1) is 0 Å². The number of hydrogen-bond acceptors (Lipinski definition) is 3. The van der Waals surface area contributed by atoms with Crippen molar-refractivity contribution in [1.29, 1.82) is 0 Å². The molecule has 0 radical (unpaired) electrons. The van der Waals surface area contributed by atoms with Crippen LogP contribution in [0, 0.1) is 23.7 Å². The van der Waals surface area contributed by atoms with E-state index in [0.717, 1.165) is 42.1 Å². The molecule has 1 heterocycles. The van der Waals surface area contributed by atoms with Crippen LogP contribution in [0.2, 0.25) is 0 Å². The van der Waals surface area contributed by atoms with Crippen LogP contribution in [-0.2, 0) is 6.54 Å². The van der Waals surface area contributed by atoms with E-state index >= 15 is 0 Å². The van der Waals surface area contributed by atoms with Crippen LogP contribution in [0.4, 0.5) is 0 Å². The van der Waals surface area contributed by atoms with Crippen LogP contribution in [0.25, 0.3) is 0 Å². The van der Waals surface area contributed by atoms with Gasteiger partial charge in [0.1, 0.15) is 12.2 Å². The van der Waals surface area contributed by atoms with Gasteiger partial charge in [0.15, 0.2) is 0 Å². The van der Waals surface area contributed by atoms with E-state index < -0.39 is 0 Å². The monoisotopic (exact) mass is 232 g/mol. The van der Waals surface area contributed by atoms with Crippen LogP contribution in [0.1, 0.15) is 37.9 Å². The molecule has 2 N–H and O–H groups in total. The average molecular weight is 232 g/mol. The van der Waals surface area contributed by atoms with E-state index in [1.54, 1.807) is 6.33 Å². The summed E-state index contributed by atoms with van der Waals surface area (Å²) in [6.45, 7) is 0.854. The minimum absolute atomic E-state index is 0.743. The summed E-state index contributed by atoms with van der Waals surface area (Å²) in [5.74, 6) is 4.96. The third-order valence-electron chi connectivity index (χ3n) is 5.20. The molecule has 4 fully saturated rings. The van der Waals surface area contributed by atoms with Gasteiger partial charge in [-0.2, -0.15) is 5.10 Å². The predicted molar refractivity (Wildman–Crippen MR) is 64.1 cm³/mol. The molecule has 4 nitrogen and oxygen atoms in total. The number of nitrogens with one attached hydrogen (secondary N) is 2. The Bertz CT molecular complexity index is 358. The maximum Gasteiger partial charge on any atom is 0.138 e. The number of rotatable bonds is 3. The average Bonchev–Trinajstić information content (AvgIpc) is 2.80. The Morgan fingerprint density at radius 3 is 2.41 bits per heavy atom. The molecule has 4 heteroatoms. The topological polar surface area (TPSA) is 53.6 Å². The molecule has 0 amide bonds. The van der Waals surface area contributed by atoms with E-state index in [-0.39, 0.29) is 0 Å². The molecule has 0 aliphatic heterocycles.